The molecule has 3 aliphatic rings. The molecular formula is C21H36N4O4. The average Bonchev–Trinajstić information content (AvgIpc) is 3.48. The number of methoxy groups -OCH3 is 1. The van der Waals surface area contributed by atoms with Crippen molar-refractivity contribution in [1.29, 1.82) is 0 Å². The van der Waals surface area contributed by atoms with Crippen molar-refractivity contribution >= 4 is 17.7 Å². The van der Waals surface area contributed by atoms with E-state index in [0.29, 0.717) is 38.5 Å². The van der Waals surface area contributed by atoms with E-state index in [4.69, 9.17) is 4.74 Å². The number of likely N-dealkylation sites (tertiary alicyclic amines) is 1. The summed E-state index contributed by atoms with van der Waals surface area (Å²) in [5.41, 5.74) is 0. The molecular weight excluding hydrogens is 372 g/mol. The maximum atomic E-state index is 13.3. The second kappa shape index (κ2) is 9.89. The van der Waals surface area contributed by atoms with E-state index in [1.54, 1.807) is 4.90 Å². The Balaban J connectivity index is 1.78. The van der Waals surface area contributed by atoms with Gasteiger partial charge in [0.05, 0.1) is 6.04 Å². The number of nitrogens with one attached hydrogen (secondary N) is 1. The largest absolute Gasteiger partial charge is 0.375 e. The predicted octanol–water partition coefficient (Wildman–Crippen LogP) is 0.319. The third-order valence-electron chi connectivity index (χ3n) is 6.02. The number of hydrogen-bond acceptors (Lipinski definition) is 5. The monoisotopic (exact) mass is 408 g/mol. The van der Waals surface area contributed by atoms with Gasteiger partial charge in [-0.05, 0) is 38.1 Å². The van der Waals surface area contributed by atoms with E-state index in [1.165, 1.54) is 7.11 Å². The zero-order valence-electron chi connectivity index (χ0n) is 18.1. The fourth-order valence-electron chi connectivity index (χ4n) is 4.41. The number of amides is 3. The Bertz CT molecular complexity index is 599. The van der Waals surface area contributed by atoms with Crippen LogP contribution in [0.25, 0.3) is 0 Å². The highest BCUT2D eigenvalue weighted by Crippen LogP contribution is 2.34. The number of nitrogens with zero attached hydrogens (tertiary/aromatic N) is 3. The smallest absolute Gasteiger partial charge is 0.249 e. The van der Waals surface area contributed by atoms with E-state index < -0.39 is 6.04 Å². The van der Waals surface area contributed by atoms with Gasteiger partial charge in [0, 0.05) is 45.8 Å². The first-order valence-corrected chi connectivity index (χ1v) is 11.0. The molecule has 164 valence electrons. The lowest BCUT2D eigenvalue weighted by atomic mass is 10.1. The zero-order valence-corrected chi connectivity index (χ0v) is 18.1. The molecule has 2 saturated heterocycles. The molecule has 0 aromatic rings. The number of rotatable bonds is 7. The van der Waals surface area contributed by atoms with Crippen LogP contribution in [0.4, 0.5) is 0 Å². The Hall–Kier alpha value is -1.67. The van der Waals surface area contributed by atoms with Crippen LogP contribution >= 0.6 is 0 Å². The molecule has 0 radical (unpaired) electrons. The molecule has 2 heterocycles. The van der Waals surface area contributed by atoms with Gasteiger partial charge in [-0.15, -0.1) is 0 Å². The minimum absolute atomic E-state index is 0.00372. The first-order chi connectivity index (χ1) is 13.9. The molecule has 2 atom stereocenters. The van der Waals surface area contributed by atoms with Gasteiger partial charge in [0.2, 0.25) is 17.7 Å². The van der Waals surface area contributed by atoms with Crippen molar-refractivity contribution in [2.75, 3.05) is 53.0 Å². The maximum absolute atomic E-state index is 13.3. The summed E-state index contributed by atoms with van der Waals surface area (Å²) >= 11 is 0. The van der Waals surface area contributed by atoms with Crippen LogP contribution in [0.5, 0.6) is 0 Å². The molecule has 0 aromatic carbocycles. The van der Waals surface area contributed by atoms with Gasteiger partial charge in [-0.2, -0.15) is 0 Å². The predicted molar refractivity (Wildman–Crippen MR) is 109 cm³/mol. The van der Waals surface area contributed by atoms with E-state index in [-0.39, 0.29) is 36.3 Å². The molecule has 1 aliphatic carbocycles. The van der Waals surface area contributed by atoms with Crippen molar-refractivity contribution in [1.82, 2.24) is 20.0 Å². The normalized spacial score (nSPS) is 25.2. The molecule has 2 unspecified atom stereocenters. The van der Waals surface area contributed by atoms with Crippen LogP contribution in [-0.4, -0.2) is 97.5 Å². The van der Waals surface area contributed by atoms with Crippen molar-refractivity contribution in [3.05, 3.63) is 0 Å². The van der Waals surface area contributed by atoms with Crippen molar-refractivity contribution in [3.8, 4) is 0 Å². The van der Waals surface area contributed by atoms with E-state index in [0.717, 1.165) is 32.4 Å². The Kier molecular flexibility index (Phi) is 7.51. The Morgan fingerprint density at radius 1 is 1.17 bits per heavy atom. The summed E-state index contributed by atoms with van der Waals surface area (Å²) in [5, 5.41) is 3.31. The van der Waals surface area contributed by atoms with Crippen LogP contribution in [0.1, 0.15) is 39.5 Å². The molecule has 3 fully saturated rings. The Morgan fingerprint density at radius 2 is 1.93 bits per heavy atom. The van der Waals surface area contributed by atoms with Crippen LogP contribution in [-0.2, 0) is 19.1 Å². The third-order valence-corrected chi connectivity index (χ3v) is 6.02. The van der Waals surface area contributed by atoms with Gasteiger partial charge in [0.1, 0.15) is 12.6 Å². The third kappa shape index (κ3) is 5.48. The molecule has 0 bridgehead atoms. The molecule has 1 saturated carbocycles. The SMILES string of the molecule is COCC(=O)N1CC(N(CC(C)C)C(=O)C2CC2)CC1C(=O)N1CCCNCC1. The molecule has 0 spiro atoms. The topological polar surface area (TPSA) is 82.2 Å². The van der Waals surface area contributed by atoms with E-state index in [9.17, 15) is 14.4 Å². The van der Waals surface area contributed by atoms with Gasteiger partial charge in [0.25, 0.3) is 0 Å². The van der Waals surface area contributed by atoms with Gasteiger partial charge in [-0.3, -0.25) is 14.4 Å². The van der Waals surface area contributed by atoms with Gasteiger partial charge in [-0.25, -0.2) is 0 Å². The summed E-state index contributed by atoms with van der Waals surface area (Å²) in [5.74, 6) is 0.485. The second-order valence-electron chi connectivity index (χ2n) is 8.97. The van der Waals surface area contributed by atoms with Crippen LogP contribution in [0, 0.1) is 11.8 Å². The summed E-state index contributed by atoms with van der Waals surface area (Å²) in [4.78, 5) is 44.5. The highest BCUT2D eigenvalue weighted by molar-refractivity contribution is 5.89. The molecule has 2 aliphatic heterocycles. The first-order valence-electron chi connectivity index (χ1n) is 11.0. The molecule has 1 N–H and O–H groups in total. The van der Waals surface area contributed by atoms with Crippen molar-refractivity contribution in [3.63, 3.8) is 0 Å². The Labute approximate surface area is 173 Å². The first kappa shape index (κ1) is 22.0. The average molecular weight is 409 g/mol. The lowest BCUT2D eigenvalue weighted by molar-refractivity contribution is -0.145. The second-order valence-corrected chi connectivity index (χ2v) is 8.97. The fourth-order valence-corrected chi connectivity index (χ4v) is 4.41. The van der Waals surface area contributed by atoms with Gasteiger partial charge in [0.15, 0.2) is 0 Å². The number of ether oxygens (including phenoxy) is 1. The number of hydrogen-bond donors (Lipinski definition) is 1. The maximum Gasteiger partial charge on any atom is 0.249 e. The van der Waals surface area contributed by atoms with E-state index >= 15 is 0 Å². The minimum Gasteiger partial charge on any atom is -0.375 e. The van der Waals surface area contributed by atoms with E-state index in [1.807, 2.05) is 9.80 Å². The van der Waals surface area contributed by atoms with E-state index in [2.05, 4.69) is 19.2 Å². The quantitative estimate of drug-likeness (QED) is 0.656. The summed E-state index contributed by atoms with van der Waals surface area (Å²) in [6.45, 7) is 8.27. The number of carbonyl (C=O) groups is 3. The summed E-state index contributed by atoms with van der Waals surface area (Å²) < 4.78 is 5.06. The zero-order chi connectivity index (χ0) is 21.0. The number of carbonyl (C=O) groups excluding carboxylic acids is 3. The van der Waals surface area contributed by atoms with Gasteiger partial charge >= 0.3 is 0 Å². The van der Waals surface area contributed by atoms with Crippen LogP contribution in [0.3, 0.4) is 0 Å². The molecule has 8 nitrogen and oxygen atoms in total. The highest BCUT2D eigenvalue weighted by Gasteiger charge is 2.46. The van der Waals surface area contributed by atoms with Gasteiger partial charge < -0.3 is 24.8 Å². The van der Waals surface area contributed by atoms with Crippen molar-refractivity contribution in [2.45, 2.75) is 51.6 Å². The standard InChI is InChI=1S/C21H36N4O4/c1-15(2)12-24(20(27)16-5-6-16)17-11-18(25(13-17)19(26)14-29-3)21(28)23-9-4-7-22-8-10-23/h15-18,22H,4-14H2,1-3H3. The van der Waals surface area contributed by atoms with Crippen molar-refractivity contribution in [2.24, 2.45) is 11.8 Å². The lowest BCUT2D eigenvalue weighted by Crippen LogP contribution is -2.49. The minimum atomic E-state index is -0.512. The van der Waals surface area contributed by atoms with Crippen LogP contribution < -0.4 is 5.32 Å². The molecule has 3 rings (SSSR count). The Morgan fingerprint density at radius 3 is 2.59 bits per heavy atom. The summed E-state index contributed by atoms with van der Waals surface area (Å²) in [6, 6.07) is -0.618. The molecule has 8 heteroatoms. The molecule has 0 aromatic heterocycles. The molecule has 29 heavy (non-hydrogen) atoms. The summed E-state index contributed by atoms with van der Waals surface area (Å²) in [7, 11) is 1.49. The van der Waals surface area contributed by atoms with Gasteiger partial charge in [-0.1, -0.05) is 13.8 Å². The van der Waals surface area contributed by atoms with Crippen LogP contribution in [0.15, 0.2) is 0 Å². The highest BCUT2D eigenvalue weighted by atomic mass is 16.5. The lowest BCUT2D eigenvalue weighted by Gasteiger charge is -2.30. The van der Waals surface area contributed by atoms with Crippen LogP contribution in [0.2, 0.25) is 0 Å². The molecule has 3 amide bonds. The fraction of sp³-hybridized carbons (Fsp3) is 0.857. The van der Waals surface area contributed by atoms with Crippen molar-refractivity contribution < 1.29 is 19.1 Å². The summed E-state index contributed by atoms with van der Waals surface area (Å²) in [6.07, 6.45) is 3.34.